The van der Waals surface area contributed by atoms with Crippen LogP contribution in [0.1, 0.15) is 32.3 Å². The van der Waals surface area contributed by atoms with Gasteiger partial charge in [-0.05, 0) is 31.5 Å². The number of aliphatic imine (C=N–C) groups is 1. The van der Waals surface area contributed by atoms with Gasteiger partial charge in [-0.1, -0.05) is 6.92 Å². The molecule has 1 aliphatic rings. The lowest BCUT2D eigenvalue weighted by Gasteiger charge is -2.18. The van der Waals surface area contributed by atoms with Crippen molar-refractivity contribution in [2.75, 3.05) is 26.7 Å². The van der Waals surface area contributed by atoms with Gasteiger partial charge in [0.2, 0.25) is 5.91 Å². The van der Waals surface area contributed by atoms with Crippen LogP contribution in [0.15, 0.2) is 23.2 Å². The van der Waals surface area contributed by atoms with Crippen LogP contribution in [0.5, 0.6) is 11.5 Å². The van der Waals surface area contributed by atoms with Gasteiger partial charge in [0, 0.05) is 37.7 Å². The second-order valence-electron chi connectivity index (χ2n) is 6.01. The van der Waals surface area contributed by atoms with Crippen molar-refractivity contribution in [3.63, 3.8) is 0 Å². The highest BCUT2D eigenvalue weighted by atomic mass is 16.5. The van der Waals surface area contributed by atoms with E-state index in [0.29, 0.717) is 36.8 Å². The minimum atomic E-state index is 0.187. The Kier molecular flexibility index (Phi) is 6.91. The molecule has 0 saturated carbocycles. The molecule has 1 amide bonds. The van der Waals surface area contributed by atoms with Gasteiger partial charge in [0.25, 0.3) is 0 Å². The average molecular weight is 348 g/mol. The van der Waals surface area contributed by atoms with E-state index in [9.17, 15) is 9.90 Å². The molecule has 1 aromatic carbocycles. The first-order valence-electron chi connectivity index (χ1n) is 8.75. The van der Waals surface area contributed by atoms with Crippen molar-refractivity contribution in [2.45, 2.75) is 39.3 Å². The summed E-state index contributed by atoms with van der Waals surface area (Å²) in [5.74, 6) is 1.75. The molecule has 1 unspecified atom stereocenters. The second kappa shape index (κ2) is 9.15. The summed E-state index contributed by atoms with van der Waals surface area (Å²) in [4.78, 5) is 18.2. The zero-order valence-corrected chi connectivity index (χ0v) is 15.2. The van der Waals surface area contributed by atoms with Crippen LogP contribution < -0.4 is 15.4 Å². The topological polar surface area (TPSA) is 86.2 Å². The zero-order valence-electron chi connectivity index (χ0n) is 15.2. The average Bonchev–Trinajstić information content (AvgIpc) is 3.09. The summed E-state index contributed by atoms with van der Waals surface area (Å²) in [7, 11) is 1.59. The molecule has 0 spiro atoms. The lowest BCUT2D eigenvalue weighted by atomic mass is 10.2. The van der Waals surface area contributed by atoms with E-state index in [2.05, 4.69) is 15.6 Å². The Hall–Kier alpha value is -2.44. The van der Waals surface area contributed by atoms with Crippen LogP contribution in [-0.4, -0.2) is 54.7 Å². The molecule has 1 saturated heterocycles. The summed E-state index contributed by atoms with van der Waals surface area (Å²) in [6.45, 7) is 6.43. The number of guanidine groups is 1. The first kappa shape index (κ1) is 18.9. The fourth-order valence-corrected chi connectivity index (χ4v) is 2.82. The van der Waals surface area contributed by atoms with Gasteiger partial charge in [-0.3, -0.25) is 4.79 Å². The van der Waals surface area contributed by atoms with E-state index in [0.717, 1.165) is 19.5 Å². The number of ether oxygens (including phenoxy) is 1. The molecule has 25 heavy (non-hydrogen) atoms. The number of carbonyl (C=O) groups excluding carboxylic acids is 1. The van der Waals surface area contributed by atoms with E-state index in [1.165, 1.54) is 0 Å². The van der Waals surface area contributed by atoms with E-state index < -0.39 is 0 Å². The minimum absolute atomic E-state index is 0.187. The minimum Gasteiger partial charge on any atom is -0.508 e. The fraction of sp³-hybridized carbons (Fsp3) is 0.556. The Morgan fingerprint density at radius 3 is 2.92 bits per heavy atom. The smallest absolute Gasteiger partial charge is 0.222 e. The highest BCUT2D eigenvalue weighted by molar-refractivity contribution is 5.80. The predicted molar refractivity (Wildman–Crippen MR) is 97.9 cm³/mol. The van der Waals surface area contributed by atoms with Crippen molar-refractivity contribution < 1.29 is 14.6 Å². The Bertz CT molecular complexity index is 618. The second-order valence-corrected chi connectivity index (χ2v) is 6.01. The number of hydrogen-bond acceptors (Lipinski definition) is 4. The molecule has 138 valence electrons. The summed E-state index contributed by atoms with van der Waals surface area (Å²) < 4.78 is 5.19. The number of aromatic hydroxyl groups is 1. The normalized spacial score (nSPS) is 17.5. The van der Waals surface area contributed by atoms with E-state index in [1.807, 2.05) is 18.7 Å². The molecule has 0 aromatic heterocycles. The maximum Gasteiger partial charge on any atom is 0.222 e. The van der Waals surface area contributed by atoms with Gasteiger partial charge in [0.05, 0.1) is 13.7 Å². The summed E-state index contributed by atoms with van der Waals surface area (Å²) in [5, 5.41) is 16.6. The summed E-state index contributed by atoms with van der Waals surface area (Å²) in [5.41, 5.74) is 0.700. The molecule has 7 nitrogen and oxygen atoms in total. The Labute approximate surface area is 149 Å². The summed E-state index contributed by atoms with van der Waals surface area (Å²) >= 11 is 0. The van der Waals surface area contributed by atoms with E-state index in [4.69, 9.17) is 4.74 Å². The van der Waals surface area contributed by atoms with Crippen LogP contribution in [0.25, 0.3) is 0 Å². The monoisotopic (exact) mass is 348 g/mol. The third-order valence-electron chi connectivity index (χ3n) is 4.22. The lowest BCUT2D eigenvalue weighted by Crippen LogP contribution is -2.45. The summed E-state index contributed by atoms with van der Waals surface area (Å²) in [6, 6.07) is 5.28. The van der Waals surface area contributed by atoms with Crippen LogP contribution in [-0.2, 0) is 11.3 Å². The Balaban J connectivity index is 2.00. The Morgan fingerprint density at radius 1 is 1.44 bits per heavy atom. The molecule has 1 atom stereocenters. The van der Waals surface area contributed by atoms with Crippen molar-refractivity contribution in [1.82, 2.24) is 15.5 Å². The first-order chi connectivity index (χ1) is 12.1. The molecule has 0 bridgehead atoms. The van der Waals surface area contributed by atoms with Crippen LogP contribution >= 0.6 is 0 Å². The van der Waals surface area contributed by atoms with Crippen molar-refractivity contribution >= 4 is 11.9 Å². The highest BCUT2D eigenvalue weighted by Crippen LogP contribution is 2.23. The molecule has 1 aromatic rings. The number of methoxy groups -OCH3 is 1. The van der Waals surface area contributed by atoms with Gasteiger partial charge in [0.1, 0.15) is 11.5 Å². The number of nitrogens with zero attached hydrogens (tertiary/aromatic N) is 2. The SMILES string of the molecule is CCNC(=NCc1cc(OC)ccc1O)NC1CCN(C(=O)CC)C1. The van der Waals surface area contributed by atoms with Crippen LogP contribution in [0.4, 0.5) is 0 Å². The molecule has 3 N–H and O–H groups in total. The molecule has 1 heterocycles. The van der Waals surface area contributed by atoms with Gasteiger partial charge in [0.15, 0.2) is 5.96 Å². The van der Waals surface area contributed by atoms with Crippen molar-refractivity contribution in [1.29, 1.82) is 0 Å². The van der Waals surface area contributed by atoms with Crippen molar-refractivity contribution in [3.8, 4) is 11.5 Å². The van der Waals surface area contributed by atoms with E-state index in [1.54, 1.807) is 25.3 Å². The summed E-state index contributed by atoms with van der Waals surface area (Å²) in [6.07, 6.45) is 1.44. The number of rotatable bonds is 6. The number of hydrogen-bond donors (Lipinski definition) is 3. The van der Waals surface area contributed by atoms with Crippen LogP contribution in [0, 0.1) is 0 Å². The van der Waals surface area contributed by atoms with Crippen LogP contribution in [0.3, 0.4) is 0 Å². The zero-order chi connectivity index (χ0) is 18.2. The number of carbonyl (C=O) groups is 1. The molecule has 1 fully saturated rings. The molecule has 1 aliphatic heterocycles. The van der Waals surface area contributed by atoms with Gasteiger partial charge in [-0.15, -0.1) is 0 Å². The standard InChI is InChI=1S/C18H28N4O3/c1-4-17(24)22-9-8-14(12-22)21-18(19-5-2)20-11-13-10-15(25-3)6-7-16(13)23/h6-7,10,14,23H,4-5,8-9,11-12H2,1-3H3,(H2,19,20,21). The molecular weight excluding hydrogens is 320 g/mol. The third-order valence-corrected chi connectivity index (χ3v) is 4.22. The fourth-order valence-electron chi connectivity index (χ4n) is 2.82. The molecule has 0 aliphatic carbocycles. The molecule has 7 heteroatoms. The van der Waals surface area contributed by atoms with Gasteiger partial charge in [-0.2, -0.15) is 0 Å². The highest BCUT2D eigenvalue weighted by Gasteiger charge is 2.25. The maximum absolute atomic E-state index is 11.8. The predicted octanol–water partition coefficient (Wildman–Crippen LogP) is 1.47. The quantitative estimate of drug-likeness (QED) is 0.535. The molecule has 0 radical (unpaired) electrons. The van der Waals surface area contributed by atoms with Crippen molar-refractivity contribution in [3.05, 3.63) is 23.8 Å². The third kappa shape index (κ3) is 5.27. The molecular formula is C18H28N4O3. The maximum atomic E-state index is 11.8. The number of benzene rings is 1. The number of phenols is 1. The van der Waals surface area contributed by atoms with Gasteiger partial charge >= 0.3 is 0 Å². The van der Waals surface area contributed by atoms with Crippen LogP contribution in [0.2, 0.25) is 0 Å². The van der Waals surface area contributed by atoms with E-state index in [-0.39, 0.29) is 17.7 Å². The number of nitrogens with one attached hydrogen (secondary N) is 2. The van der Waals surface area contributed by atoms with Crippen molar-refractivity contribution in [2.24, 2.45) is 4.99 Å². The number of phenolic OH excluding ortho intramolecular Hbond substituents is 1. The first-order valence-corrected chi connectivity index (χ1v) is 8.75. The van der Waals surface area contributed by atoms with E-state index >= 15 is 0 Å². The largest absolute Gasteiger partial charge is 0.508 e. The molecule has 2 rings (SSSR count). The van der Waals surface area contributed by atoms with Gasteiger partial charge < -0.3 is 25.4 Å². The van der Waals surface area contributed by atoms with Gasteiger partial charge in [-0.25, -0.2) is 4.99 Å². The number of amides is 1. The Morgan fingerprint density at radius 2 is 2.24 bits per heavy atom. The number of likely N-dealkylation sites (tertiary alicyclic amines) is 1. The lowest BCUT2D eigenvalue weighted by molar-refractivity contribution is -0.129.